The van der Waals surface area contributed by atoms with Gasteiger partial charge in [0.2, 0.25) is 5.91 Å². The van der Waals surface area contributed by atoms with Crippen molar-refractivity contribution < 1.29 is 4.79 Å². The Hall–Kier alpha value is -1.01. The first-order valence-electron chi connectivity index (χ1n) is 5.69. The van der Waals surface area contributed by atoms with Gasteiger partial charge in [-0.25, -0.2) is 0 Å². The van der Waals surface area contributed by atoms with Gasteiger partial charge in [-0.15, -0.1) is 12.3 Å². The standard InChI is InChI=1S/C12H20N2O/c1-2-3-8-14-12(15)11-6-4-10(9-13)5-7-11/h1,10-11H,3-9,13H2,(H,14,15). The fraction of sp³-hybridized carbons (Fsp3) is 0.750. The number of rotatable bonds is 4. The first-order chi connectivity index (χ1) is 7.27. The maximum atomic E-state index is 11.7. The van der Waals surface area contributed by atoms with E-state index in [0.29, 0.717) is 18.9 Å². The summed E-state index contributed by atoms with van der Waals surface area (Å²) in [5, 5.41) is 2.87. The third-order valence-corrected chi connectivity index (χ3v) is 3.12. The number of nitrogens with two attached hydrogens (primary N) is 1. The Bertz CT molecular complexity index is 236. The van der Waals surface area contributed by atoms with E-state index in [4.69, 9.17) is 12.2 Å². The molecule has 0 unspecified atom stereocenters. The normalized spacial score (nSPS) is 25.6. The van der Waals surface area contributed by atoms with Crippen LogP contribution >= 0.6 is 0 Å². The van der Waals surface area contributed by atoms with Crippen molar-refractivity contribution in [1.82, 2.24) is 5.32 Å². The first kappa shape index (κ1) is 12.1. The molecule has 1 fully saturated rings. The van der Waals surface area contributed by atoms with Crippen LogP contribution in [0.4, 0.5) is 0 Å². The molecule has 1 aliphatic rings. The zero-order chi connectivity index (χ0) is 11.1. The van der Waals surface area contributed by atoms with Crippen LogP contribution in [0.1, 0.15) is 32.1 Å². The van der Waals surface area contributed by atoms with Crippen molar-refractivity contribution in [2.45, 2.75) is 32.1 Å². The van der Waals surface area contributed by atoms with Crippen LogP contribution in [-0.4, -0.2) is 19.0 Å². The zero-order valence-corrected chi connectivity index (χ0v) is 9.17. The second-order valence-corrected chi connectivity index (χ2v) is 4.20. The van der Waals surface area contributed by atoms with Crippen molar-refractivity contribution in [1.29, 1.82) is 0 Å². The van der Waals surface area contributed by atoms with Gasteiger partial charge in [-0.05, 0) is 38.1 Å². The lowest BCUT2D eigenvalue weighted by atomic mass is 9.81. The van der Waals surface area contributed by atoms with Gasteiger partial charge in [0.05, 0.1) is 0 Å². The fourth-order valence-corrected chi connectivity index (χ4v) is 2.06. The van der Waals surface area contributed by atoms with Gasteiger partial charge >= 0.3 is 0 Å². The van der Waals surface area contributed by atoms with Gasteiger partial charge in [0.25, 0.3) is 0 Å². The van der Waals surface area contributed by atoms with E-state index in [1.807, 2.05) is 0 Å². The van der Waals surface area contributed by atoms with E-state index in [9.17, 15) is 4.79 Å². The highest BCUT2D eigenvalue weighted by molar-refractivity contribution is 5.78. The molecule has 3 N–H and O–H groups in total. The maximum Gasteiger partial charge on any atom is 0.223 e. The molecule has 3 heteroatoms. The lowest BCUT2D eigenvalue weighted by molar-refractivity contribution is -0.126. The monoisotopic (exact) mass is 208 g/mol. The van der Waals surface area contributed by atoms with E-state index in [0.717, 1.165) is 32.2 Å². The topological polar surface area (TPSA) is 55.1 Å². The van der Waals surface area contributed by atoms with E-state index in [1.165, 1.54) is 0 Å². The van der Waals surface area contributed by atoms with Gasteiger partial charge in [-0.3, -0.25) is 4.79 Å². The molecule has 1 aliphatic carbocycles. The summed E-state index contributed by atoms with van der Waals surface area (Å²) in [6.45, 7) is 1.36. The van der Waals surface area contributed by atoms with Crippen molar-refractivity contribution in [3.05, 3.63) is 0 Å². The van der Waals surface area contributed by atoms with Gasteiger partial charge in [-0.2, -0.15) is 0 Å². The van der Waals surface area contributed by atoms with E-state index in [-0.39, 0.29) is 11.8 Å². The van der Waals surface area contributed by atoms with Crippen molar-refractivity contribution in [2.24, 2.45) is 17.6 Å². The number of hydrogen-bond donors (Lipinski definition) is 2. The molecule has 1 amide bonds. The average Bonchev–Trinajstić information content (AvgIpc) is 2.29. The molecule has 0 radical (unpaired) electrons. The quantitative estimate of drug-likeness (QED) is 0.532. The van der Waals surface area contributed by atoms with Crippen molar-refractivity contribution in [3.63, 3.8) is 0 Å². The number of carbonyl (C=O) groups is 1. The van der Waals surface area contributed by atoms with Crippen LogP contribution in [0.2, 0.25) is 0 Å². The molecule has 0 aromatic heterocycles. The first-order valence-corrected chi connectivity index (χ1v) is 5.69. The molecule has 0 atom stereocenters. The second-order valence-electron chi connectivity index (χ2n) is 4.20. The van der Waals surface area contributed by atoms with Crippen LogP contribution in [0.15, 0.2) is 0 Å². The molecule has 0 aliphatic heterocycles. The maximum absolute atomic E-state index is 11.7. The Kier molecular flexibility index (Phi) is 5.20. The minimum absolute atomic E-state index is 0.167. The summed E-state index contributed by atoms with van der Waals surface area (Å²) in [5.41, 5.74) is 5.60. The predicted octanol–water partition coefficient (Wildman–Crippen LogP) is 0.891. The molecule has 84 valence electrons. The third-order valence-electron chi connectivity index (χ3n) is 3.12. The highest BCUT2D eigenvalue weighted by Gasteiger charge is 2.24. The van der Waals surface area contributed by atoms with E-state index in [2.05, 4.69) is 11.2 Å². The van der Waals surface area contributed by atoms with Crippen LogP contribution in [0.25, 0.3) is 0 Å². The van der Waals surface area contributed by atoms with Crippen LogP contribution in [-0.2, 0) is 4.79 Å². The van der Waals surface area contributed by atoms with Gasteiger partial charge in [0.15, 0.2) is 0 Å². The highest BCUT2D eigenvalue weighted by Crippen LogP contribution is 2.27. The lowest BCUT2D eigenvalue weighted by Gasteiger charge is -2.26. The molecule has 1 saturated carbocycles. The summed E-state index contributed by atoms with van der Waals surface area (Å²) in [4.78, 5) is 11.7. The highest BCUT2D eigenvalue weighted by atomic mass is 16.1. The van der Waals surface area contributed by atoms with E-state index < -0.39 is 0 Å². The number of carbonyl (C=O) groups excluding carboxylic acids is 1. The number of terminal acetylenes is 1. The summed E-state index contributed by atoms with van der Waals surface area (Å²) in [6.07, 6.45) is 9.86. The summed E-state index contributed by atoms with van der Waals surface area (Å²) in [5.74, 6) is 3.49. The molecular weight excluding hydrogens is 188 g/mol. The fourth-order valence-electron chi connectivity index (χ4n) is 2.06. The second kappa shape index (κ2) is 6.47. The lowest BCUT2D eigenvalue weighted by Crippen LogP contribution is -2.34. The third kappa shape index (κ3) is 3.93. The summed E-state index contributed by atoms with van der Waals surface area (Å²) >= 11 is 0. The van der Waals surface area contributed by atoms with Crippen LogP contribution in [0.5, 0.6) is 0 Å². The molecule has 15 heavy (non-hydrogen) atoms. The summed E-state index contributed by atoms with van der Waals surface area (Å²) in [7, 11) is 0. The van der Waals surface area contributed by atoms with Crippen LogP contribution < -0.4 is 11.1 Å². The molecule has 3 nitrogen and oxygen atoms in total. The van der Waals surface area contributed by atoms with Gasteiger partial charge in [0.1, 0.15) is 0 Å². The Balaban J connectivity index is 2.21. The number of hydrogen-bond acceptors (Lipinski definition) is 2. The molecule has 0 heterocycles. The minimum Gasteiger partial charge on any atom is -0.355 e. The SMILES string of the molecule is C#CCCNC(=O)C1CCC(CN)CC1. The number of nitrogens with one attached hydrogen (secondary N) is 1. The Morgan fingerprint density at radius 2 is 2.07 bits per heavy atom. The summed E-state index contributed by atoms with van der Waals surface area (Å²) < 4.78 is 0. The summed E-state index contributed by atoms with van der Waals surface area (Å²) in [6, 6.07) is 0. The predicted molar refractivity (Wildman–Crippen MR) is 61.0 cm³/mol. The molecule has 0 spiro atoms. The Labute approximate surface area is 91.8 Å². The van der Waals surface area contributed by atoms with Gasteiger partial charge in [-0.1, -0.05) is 0 Å². The van der Waals surface area contributed by atoms with Crippen LogP contribution in [0, 0.1) is 24.2 Å². The molecule has 0 bridgehead atoms. The van der Waals surface area contributed by atoms with E-state index >= 15 is 0 Å². The molecular formula is C12H20N2O. The Morgan fingerprint density at radius 1 is 1.40 bits per heavy atom. The minimum atomic E-state index is 0.167. The van der Waals surface area contributed by atoms with Crippen molar-refractivity contribution in [2.75, 3.05) is 13.1 Å². The Morgan fingerprint density at radius 3 is 2.60 bits per heavy atom. The number of amides is 1. The van der Waals surface area contributed by atoms with Gasteiger partial charge in [0, 0.05) is 18.9 Å². The van der Waals surface area contributed by atoms with Crippen molar-refractivity contribution in [3.8, 4) is 12.3 Å². The molecule has 0 saturated heterocycles. The van der Waals surface area contributed by atoms with Gasteiger partial charge < -0.3 is 11.1 Å². The van der Waals surface area contributed by atoms with E-state index in [1.54, 1.807) is 0 Å². The van der Waals surface area contributed by atoms with Crippen LogP contribution in [0.3, 0.4) is 0 Å². The smallest absolute Gasteiger partial charge is 0.223 e. The molecule has 0 aromatic rings. The average molecular weight is 208 g/mol. The molecule has 1 rings (SSSR count). The van der Waals surface area contributed by atoms with Crippen molar-refractivity contribution >= 4 is 5.91 Å². The zero-order valence-electron chi connectivity index (χ0n) is 9.17. The largest absolute Gasteiger partial charge is 0.355 e. The molecule has 0 aromatic carbocycles.